The number of aromatic nitrogens is 1. The smallest absolute Gasteiger partial charge is 0.412 e. The Kier molecular flexibility index (Phi) is 6.51. The first-order valence-electron chi connectivity index (χ1n) is 11.6. The largest absolute Gasteiger partial charge is 0.481 e. The van der Waals surface area contributed by atoms with Crippen LogP contribution in [0, 0.1) is 6.92 Å². The number of aryl methyl sites for hydroxylation is 1. The lowest BCUT2D eigenvalue weighted by Crippen LogP contribution is -2.16. The molecule has 1 aliphatic rings. The van der Waals surface area contributed by atoms with Crippen LogP contribution < -0.4 is 14.8 Å². The molecule has 1 atom stereocenters. The van der Waals surface area contributed by atoms with Crippen molar-refractivity contribution in [1.29, 1.82) is 0 Å². The molecule has 188 valence electrons. The number of aliphatic carboxylic acids is 1. The molecule has 0 spiro atoms. The van der Waals surface area contributed by atoms with E-state index in [9.17, 15) is 9.59 Å². The molecular formula is C28H24N2O7. The molecule has 9 nitrogen and oxygen atoms in total. The van der Waals surface area contributed by atoms with Crippen LogP contribution in [0.3, 0.4) is 0 Å². The summed E-state index contributed by atoms with van der Waals surface area (Å²) in [4.78, 5) is 23.7. The van der Waals surface area contributed by atoms with E-state index in [-0.39, 0.29) is 13.2 Å². The number of carboxylic acid groups (broad SMARTS) is 1. The molecule has 1 unspecified atom stereocenters. The Hall–Kier alpha value is -4.79. The van der Waals surface area contributed by atoms with Crippen LogP contribution in [0.4, 0.5) is 10.5 Å². The lowest BCUT2D eigenvalue weighted by molar-refractivity contribution is -0.136. The van der Waals surface area contributed by atoms with Gasteiger partial charge in [0.25, 0.3) is 0 Å². The van der Waals surface area contributed by atoms with Crippen molar-refractivity contribution < 1.29 is 33.4 Å². The molecule has 0 fully saturated rings. The fraction of sp³-hybridized carbons (Fsp3) is 0.179. The minimum Gasteiger partial charge on any atom is -0.481 e. The van der Waals surface area contributed by atoms with Gasteiger partial charge in [0.1, 0.15) is 17.5 Å². The number of amides is 1. The normalized spacial score (nSPS) is 12.7. The maximum Gasteiger partial charge on any atom is 0.412 e. The van der Waals surface area contributed by atoms with Crippen LogP contribution in [0.1, 0.15) is 29.8 Å². The topological polar surface area (TPSA) is 120 Å². The maximum atomic E-state index is 12.7. The van der Waals surface area contributed by atoms with E-state index in [1.165, 1.54) is 0 Å². The second-order valence-electron chi connectivity index (χ2n) is 8.55. The molecule has 0 aliphatic carbocycles. The summed E-state index contributed by atoms with van der Waals surface area (Å²) in [6.45, 7) is 3.53. The second kappa shape index (κ2) is 10.1. The fourth-order valence-electron chi connectivity index (χ4n) is 4.16. The molecule has 1 aromatic heterocycles. The number of fused-ring (bicyclic) bond motifs is 1. The number of nitrogens with zero attached hydrogens (tertiary/aromatic N) is 1. The minimum absolute atomic E-state index is 0.0168. The summed E-state index contributed by atoms with van der Waals surface area (Å²) in [6, 6.07) is 20.3. The Morgan fingerprint density at radius 2 is 1.68 bits per heavy atom. The van der Waals surface area contributed by atoms with Crippen molar-refractivity contribution in [3.63, 3.8) is 0 Å². The van der Waals surface area contributed by atoms with Crippen molar-refractivity contribution in [2.24, 2.45) is 0 Å². The highest BCUT2D eigenvalue weighted by molar-refractivity contribution is 5.93. The van der Waals surface area contributed by atoms with E-state index < -0.39 is 18.2 Å². The summed E-state index contributed by atoms with van der Waals surface area (Å²) in [5.74, 6) is 0.396. The summed E-state index contributed by atoms with van der Waals surface area (Å²) in [6.07, 6.45) is -1.15. The zero-order valence-electron chi connectivity index (χ0n) is 20.2. The number of benzene rings is 3. The highest BCUT2D eigenvalue weighted by Gasteiger charge is 2.28. The van der Waals surface area contributed by atoms with E-state index in [1.807, 2.05) is 48.5 Å². The summed E-state index contributed by atoms with van der Waals surface area (Å²) in [7, 11) is 0. The summed E-state index contributed by atoms with van der Waals surface area (Å²) < 4.78 is 22.7. The van der Waals surface area contributed by atoms with E-state index in [2.05, 4.69) is 10.5 Å². The van der Waals surface area contributed by atoms with Crippen molar-refractivity contribution in [2.45, 2.75) is 26.4 Å². The molecule has 1 amide bonds. The van der Waals surface area contributed by atoms with Gasteiger partial charge >= 0.3 is 12.1 Å². The van der Waals surface area contributed by atoms with Crippen LogP contribution in [0.15, 0.2) is 71.3 Å². The van der Waals surface area contributed by atoms with Crippen LogP contribution in [-0.4, -0.2) is 29.1 Å². The number of carboxylic acids is 1. The number of anilines is 1. The van der Waals surface area contributed by atoms with Gasteiger partial charge in [0.15, 0.2) is 17.3 Å². The standard InChI is InChI=1S/C28H24N2O7/c1-16-24(29-28(33)36-17(2)19-6-4-3-5-7-19)25(37-30-16)22-13-12-21(26-27(22)35-15-34-26)20-10-8-18(9-11-20)14-23(31)32/h3-13,17H,14-15H2,1-2H3,(H,29,33)(H,31,32). The van der Waals surface area contributed by atoms with Gasteiger partial charge in [-0.15, -0.1) is 0 Å². The molecule has 0 bridgehead atoms. The molecule has 1 aliphatic heterocycles. The number of ether oxygens (including phenoxy) is 3. The zero-order chi connectivity index (χ0) is 25.9. The third kappa shape index (κ3) is 4.97. The molecule has 2 N–H and O–H groups in total. The van der Waals surface area contributed by atoms with E-state index >= 15 is 0 Å². The van der Waals surface area contributed by atoms with Crippen LogP contribution >= 0.6 is 0 Å². The predicted molar refractivity (Wildman–Crippen MR) is 135 cm³/mol. The number of carbonyl (C=O) groups excluding carboxylic acids is 1. The Morgan fingerprint density at radius 3 is 2.38 bits per heavy atom. The zero-order valence-corrected chi connectivity index (χ0v) is 20.2. The molecule has 3 aromatic carbocycles. The quantitative estimate of drug-likeness (QED) is 0.318. The molecule has 0 saturated carbocycles. The first-order chi connectivity index (χ1) is 17.9. The Labute approximate surface area is 212 Å². The van der Waals surface area contributed by atoms with Gasteiger partial charge in [-0.1, -0.05) is 59.8 Å². The SMILES string of the molecule is Cc1noc(-c2ccc(-c3ccc(CC(=O)O)cc3)c3c2OCO3)c1NC(=O)OC(C)c1ccccc1. The number of hydrogen-bond donors (Lipinski definition) is 2. The van der Waals surface area contributed by atoms with Crippen molar-refractivity contribution in [3.8, 4) is 33.9 Å². The summed E-state index contributed by atoms with van der Waals surface area (Å²) in [5.41, 5.74) is 4.59. The van der Waals surface area contributed by atoms with Gasteiger partial charge < -0.3 is 23.8 Å². The van der Waals surface area contributed by atoms with Crippen LogP contribution in [-0.2, 0) is 16.0 Å². The van der Waals surface area contributed by atoms with Crippen molar-refractivity contribution in [3.05, 3.63) is 83.6 Å². The third-order valence-corrected chi connectivity index (χ3v) is 6.03. The van der Waals surface area contributed by atoms with E-state index in [4.69, 9.17) is 23.8 Å². The summed E-state index contributed by atoms with van der Waals surface area (Å²) >= 11 is 0. The van der Waals surface area contributed by atoms with Gasteiger partial charge in [0.05, 0.1) is 12.0 Å². The minimum atomic E-state index is -0.889. The molecule has 9 heteroatoms. The number of nitrogens with one attached hydrogen (secondary N) is 1. The highest BCUT2D eigenvalue weighted by Crippen LogP contribution is 2.49. The van der Waals surface area contributed by atoms with Gasteiger partial charge in [-0.3, -0.25) is 10.1 Å². The number of carbonyl (C=O) groups is 2. The van der Waals surface area contributed by atoms with Gasteiger partial charge in [-0.2, -0.15) is 0 Å². The molecule has 37 heavy (non-hydrogen) atoms. The average molecular weight is 501 g/mol. The van der Waals surface area contributed by atoms with E-state index in [1.54, 1.807) is 32.0 Å². The third-order valence-electron chi connectivity index (χ3n) is 6.03. The highest BCUT2D eigenvalue weighted by atomic mass is 16.7. The predicted octanol–water partition coefficient (Wildman–Crippen LogP) is 5.98. The van der Waals surface area contributed by atoms with Gasteiger partial charge in [0.2, 0.25) is 6.79 Å². The van der Waals surface area contributed by atoms with Gasteiger partial charge in [-0.25, -0.2) is 4.79 Å². The lowest BCUT2D eigenvalue weighted by atomic mass is 9.98. The van der Waals surface area contributed by atoms with Gasteiger partial charge in [0, 0.05) is 5.56 Å². The van der Waals surface area contributed by atoms with E-state index in [0.29, 0.717) is 39.8 Å². The summed E-state index contributed by atoms with van der Waals surface area (Å²) in [5, 5.41) is 15.8. The average Bonchev–Trinajstić information content (AvgIpc) is 3.52. The van der Waals surface area contributed by atoms with Crippen LogP contribution in [0.2, 0.25) is 0 Å². The molecular weight excluding hydrogens is 476 g/mol. The lowest BCUT2D eigenvalue weighted by Gasteiger charge is -2.14. The number of rotatable bonds is 7. The maximum absolute atomic E-state index is 12.7. The van der Waals surface area contributed by atoms with Crippen LogP contribution in [0.25, 0.3) is 22.5 Å². The monoisotopic (exact) mass is 500 g/mol. The van der Waals surface area contributed by atoms with Crippen molar-refractivity contribution in [2.75, 3.05) is 12.1 Å². The van der Waals surface area contributed by atoms with Crippen molar-refractivity contribution in [1.82, 2.24) is 5.16 Å². The van der Waals surface area contributed by atoms with Gasteiger partial charge in [-0.05, 0) is 42.7 Å². The van der Waals surface area contributed by atoms with Crippen LogP contribution in [0.5, 0.6) is 11.5 Å². The molecule has 5 rings (SSSR count). The second-order valence-corrected chi connectivity index (χ2v) is 8.55. The molecule has 0 saturated heterocycles. The molecule has 4 aromatic rings. The molecule has 2 heterocycles. The Balaban J connectivity index is 1.41. The molecule has 0 radical (unpaired) electrons. The number of hydrogen-bond acceptors (Lipinski definition) is 7. The Morgan fingerprint density at radius 1 is 1.00 bits per heavy atom. The Bertz CT molecular complexity index is 1450. The van der Waals surface area contributed by atoms with E-state index in [0.717, 1.165) is 16.7 Å². The first kappa shape index (κ1) is 23.9. The fourth-order valence-corrected chi connectivity index (χ4v) is 4.16. The first-order valence-corrected chi connectivity index (χ1v) is 11.6. The van der Waals surface area contributed by atoms with Crippen molar-refractivity contribution >= 4 is 17.7 Å².